The maximum Gasteiger partial charge on any atom is 0.237 e. The maximum atomic E-state index is 12.5. The monoisotopic (exact) mass is 295 g/mol. The number of carbonyl (C=O) groups is 2. The Balaban J connectivity index is 1.77. The first kappa shape index (κ1) is 14.3. The number of hydrogen-bond donors (Lipinski definition) is 0. The van der Waals surface area contributed by atoms with Crippen molar-refractivity contribution in [2.24, 2.45) is 0 Å². The van der Waals surface area contributed by atoms with E-state index >= 15 is 0 Å². The Kier molecular flexibility index (Phi) is 3.92. The molecular weight excluding hydrogens is 278 g/mol. The largest absolute Gasteiger partial charge is 0.497 e. The molecule has 2 amide bonds. The van der Waals surface area contributed by atoms with Gasteiger partial charge >= 0.3 is 0 Å². The quantitative estimate of drug-likeness (QED) is 0.815. The van der Waals surface area contributed by atoms with Crippen LogP contribution in [0.2, 0.25) is 0 Å². The molecule has 1 unspecified atom stereocenters. The van der Waals surface area contributed by atoms with E-state index in [4.69, 9.17) is 4.74 Å². The summed E-state index contributed by atoms with van der Waals surface area (Å²) in [7, 11) is 1.60. The van der Waals surface area contributed by atoms with E-state index in [9.17, 15) is 9.59 Å². The molecule has 1 saturated heterocycles. The Bertz CT molecular complexity index is 679. The van der Waals surface area contributed by atoms with E-state index in [1.54, 1.807) is 7.11 Å². The SMILES string of the molecule is COc1ccc(CN2C(=O)CC(c3ccccc3)C2=O)cc1. The second kappa shape index (κ2) is 6.02. The summed E-state index contributed by atoms with van der Waals surface area (Å²) in [6, 6.07) is 16.9. The van der Waals surface area contributed by atoms with Crippen LogP contribution in [-0.4, -0.2) is 23.8 Å². The van der Waals surface area contributed by atoms with E-state index < -0.39 is 0 Å². The average molecular weight is 295 g/mol. The number of nitrogens with zero attached hydrogens (tertiary/aromatic N) is 1. The van der Waals surface area contributed by atoms with Crippen LogP contribution >= 0.6 is 0 Å². The van der Waals surface area contributed by atoms with Crippen molar-refractivity contribution in [2.75, 3.05) is 7.11 Å². The van der Waals surface area contributed by atoms with Crippen LogP contribution in [-0.2, 0) is 16.1 Å². The van der Waals surface area contributed by atoms with Gasteiger partial charge in [-0.05, 0) is 23.3 Å². The van der Waals surface area contributed by atoms with E-state index in [0.29, 0.717) is 6.54 Å². The normalized spacial score (nSPS) is 17.9. The third kappa shape index (κ3) is 2.72. The molecule has 0 aromatic heterocycles. The van der Waals surface area contributed by atoms with Gasteiger partial charge in [0.05, 0.1) is 19.6 Å². The third-order valence-corrected chi connectivity index (χ3v) is 3.95. The highest BCUT2D eigenvalue weighted by molar-refractivity contribution is 6.06. The van der Waals surface area contributed by atoms with Crippen molar-refractivity contribution in [2.45, 2.75) is 18.9 Å². The number of carbonyl (C=O) groups excluding carboxylic acids is 2. The summed E-state index contributed by atoms with van der Waals surface area (Å²) >= 11 is 0. The number of benzene rings is 2. The highest BCUT2D eigenvalue weighted by atomic mass is 16.5. The second-order valence-electron chi connectivity index (χ2n) is 5.33. The van der Waals surface area contributed by atoms with E-state index in [2.05, 4.69) is 0 Å². The predicted molar refractivity (Wildman–Crippen MR) is 82.4 cm³/mol. The fourth-order valence-corrected chi connectivity index (χ4v) is 2.71. The molecule has 1 aliphatic heterocycles. The summed E-state index contributed by atoms with van der Waals surface area (Å²) in [6.07, 6.45) is 0.249. The van der Waals surface area contributed by atoms with Gasteiger partial charge < -0.3 is 4.74 Å². The molecule has 0 radical (unpaired) electrons. The van der Waals surface area contributed by atoms with E-state index in [1.165, 1.54) is 4.90 Å². The highest BCUT2D eigenvalue weighted by Gasteiger charge is 2.39. The second-order valence-corrected chi connectivity index (χ2v) is 5.33. The first-order valence-electron chi connectivity index (χ1n) is 7.21. The molecule has 1 atom stereocenters. The van der Waals surface area contributed by atoms with Crippen molar-refractivity contribution in [1.29, 1.82) is 0 Å². The van der Waals surface area contributed by atoms with Crippen molar-refractivity contribution < 1.29 is 14.3 Å². The average Bonchev–Trinajstić information content (AvgIpc) is 2.84. The zero-order valence-electron chi connectivity index (χ0n) is 12.4. The molecule has 2 aromatic rings. The van der Waals surface area contributed by atoms with Crippen LogP contribution in [0.15, 0.2) is 54.6 Å². The predicted octanol–water partition coefficient (Wildman–Crippen LogP) is 2.74. The number of hydrogen-bond acceptors (Lipinski definition) is 3. The Labute approximate surface area is 129 Å². The molecule has 0 saturated carbocycles. The van der Waals surface area contributed by atoms with Gasteiger partial charge in [0.1, 0.15) is 5.75 Å². The topological polar surface area (TPSA) is 46.6 Å². The van der Waals surface area contributed by atoms with Crippen LogP contribution in [0.4, 0.5) is 0 Å². The fraction of sp³-hybridized carbons (Fsp3) is 0.222. The number of imide groups is 1. The van der Waals surface area contributed by atoms with Gasteiger partial charge in [0, 0.05) is 6.42 Å². The molecule has 4 nitrogen and oxygen atoms in total. The lowest BCUT2D eigenvalue weighted by Gasteiger charge is -2.15. The molecule has 0 aliphatic carbocycles. The Morgan fingerprint density at radius 2 is 1.73 bits per heavy atom. The summed E-state index contributed by atoms with van der Waals surface area (Å²) in [5.41, 5.74) is 1.81. The van der Waals surface area contributed by atoms with Crippen LogP contribution in [0.5, 0.6) is 5.75 Å². The van der Waals surface area contributed by atoms with Crippen molar-refractivity contribution in [1.82, 2.24) is 4.90 Å². The summed E-state index contributed by atoms with van der Waals surface area (Å²) in [4.78, 5) is 26.0. The molecular formula is C18H17NO3. The van der Waals surface area contributed by atoms with Crippen LogP contribution < -0.4 is 4.74 Å². The zero-order chi connectivity index (χ0) is 15.5. The molecule has 0 bridgehead atoms. The standard InChI is InChI=1S/C18H17NO3/c1-22-15-9-7-13(8-10-15)12-19-17(20)11-16(18(19)21)14-5-3-2-4-6-14/h2-10,16H,11-12H2,1H3. The fourth-order valence-electron chi connectivity index (χ4n) is 2.71. The molecule has 2 aromatic carbocycles. The first-order valence-corrected chi connectivity index (χ1v) is 7.21. The minimum atomic E-state index is -0.355. The molecule has 112 valence electrons. The summed E-state index contributed by atoms with van der Waals surface area (Å²) < 4.78 is 5.11. The molecule has 3 rings (SSSR count). The maximum absolute atomic E-state index is 12.5. The molecule has 4 heteroatoms. The highest BCUT2D eigenvalue weighted by Crippen LogP contribution is 2.30. The van der Waals surface area contributed by atoms with Gasteiger partial charge in [-0.1, -0.05) is 42.5 Å². The van der Waals surface area contributed by atoms with Crippen LogP contribution in [0.3, 0.4) is 0 Å². The minimum Gasteiger partial charge on any atom is -0.497 e. The molecule has 0 spiro atoms. The molecule has 1 fully saturated rings. The molecule has 22 heavy (non-hydrogen) atoms. The van der Waals surface area contributed by atoms with Crippen LogP contribution in [0, 0.1) is 0 Å². The van der Waals surface area contributed by atoms with Gasteiger partial charge in [0.15, 0.2) is 0 Å². The van der Waals surface area contributed by atoms with Gasteiger partial charge in [0.2, 0.25) is 11.8 Å². The summed E-state index contributed by atoms with van der Waals surface area (Å²) in [5.74, 6) is 0.165. The van der Waals surface area contributed by atoms with Gasteiger partial charge in [0.25, 0.3) is 0 Å². The van der Waals surface area contributed by atoms with E-state index in [0.717, 1.165) is 16.9 Å². The van der Waals surface area contributed by atoms with Crippen molar-refractivity contribution in [3.8, 4) is 5.75 Å². The van der Waals surface area contributed by atoms with Crippen molar-refractivity contribution in [3.63, 3.8) is 0 Å². The lowest BCUT2D eigenvalue weighted by atomic mass is 9.98. The zero-order valence-corrected chi connectivity index (χ0v) is 12.4. The first-order chi connectivity index (χ1) is 10.7. The number of amides is 2. The number of likely N-dealkylation sites (tertiary alicyclic amines) is 1. The summed E-state index contributed by atoms with van der Waals surface area (Å²) in [5, 5.41) is 0. The van der Waals surface area contributed by atoms with Gasteiger partial charge in [-0.15, -0.1) is 0 Å². The Morgan fingerprint density at radius 3 is 2.36 bits per heavy atom. The molecule has 1 aliphatic rings. The lowest BCUT2D eigenvalue weighted by molar-refractivity contribution is -0.139. The number of ether oxygens (including phenoxy) is 1. The van der Waals surface area contributed by atoms with E-state index in [-0.39, 0.29) is 24.2 Å². The molecule has 1 heterocycles. The van der Waals surface area contributed by atoms with Crippen LogP contribution in [0.25, 0.3) is 0 Å². The van der Waals surface area contributed by atoms with Gasteiger partial charge in [-0.3, -0.25) is 14.5 Å². The minimum absolute atomic E-state index is 0.116. The Morgan fingerprint density at radius 1 is 1.05 bits per heavy atom. The van der Waals surface area contributed by atoms with E-state index in [1.807, 2.05) is 54.6 Å². The van der Waals surface area contributed by atoms with Crippen molar-refractivity contribution >= 4 is 11.8 Å². The van der Waals surface area contributed by atoms with Gasteiger partial charge in [-0.2, -0.15) is 0 Å². The van der Waals surface area contributed by atoms with Crippen molar-refractivity contribution in [3.05, 3.63) is 65.7 Å². The summed E-state index contributed by atoms with van der Waals surface area (Å²) in [6.45, 7) is 0.311. The number of methoxy groups -OCH3 is 1. The smallest absolute Gasteiger partial charge is 0.237 e. The Hall–Kier alpha value is -2.62. The molecule has 0 N–H and O–H groups in total. The lowest BCUT2D eigenvalue weighted by Crippen LogP contribution is -2.29. The number of rotatable bonds is 4. The van der Waals surface area contributed by atoms with Crippen LogP contribution in [0.1, 0.15) is 23.5 Å². The van der Waals surface area contributed by atoms with Gasteiger partial charge in [-0.25, -0.2) is 0 Å². The third-order valence-electron chi connectivity index (χ3n) is 3.95.